The topological polar surface area (TPSA) is 101 Å². The maximum Gasteiger partial charge on any atom is 0.239 e. The SMILES string of the molecule is Cc1ccnc(NC(=O)CCC(=O)N(CC(=O)NCCc2ccccc2)C[C@@H]2CCCO2)c1. The lowest BCUT2D eigenvalue weighted by Crippen LogP contribution is -2.44. The number of anilines is 1. The van der Waals surface area contributed by atoms with E-state index in [1.54, 1.807) is 12.3 Å². The fourth-order valence-electron chi connectivity index (χ4n) is 3.70. The summed E-state index contributed by atoms with van der Waals surface area (Å²) in [6.07, 6.45) is 4.11. The van der Waals surface area contributed by atoms with Gasteiger partial charge in [0.15, 0.2) is 0 Å². The number of ether oxygens (including phenoxy) is 1. The molecule has 33 heavy (non-hydrogen) atoms. The van der Waals surface area contributed by atoms with Crippen LogP contribution in [-0.2, 0) is 25.5 Å². The van der Waals surface area contributed by atoms with Gasteiger partial charge >= 0.3 is 0 Å². The lowest BCUT2D eigenvalue weighted by Gasteiger charge is -2.25. The van der Waals surface area contributed by atoms with Crippen LogP contribution in [0.5, 0.6) is 0 Å². The van der Waals surface area contributed by atoms with Crippen molar-refractivity contribution in [2.45, 2.75) is 45.1 Å². The fraction of sp³-hybridized carbons (Fsp3) is 0.440. The molecule has 1 atom stereocenters. The molecule has 2 heterocycles. The third kappa shape index (κ3) is 8.65. The first-order valence-electron chi connectivity index (χ1n) is 11.4. The molecule has 1 fully saturated rings. The lowest BCUT2D eigenvalue weighted by molar-refractivity contribution is -0.138. The molecule has 0 saturated carbocycles. The van der Waals surface area contributed by atoms with Crippen LogP contribution in [0.1, 0.15) is 36.8 Å². The molecule has 1 aromatic carbocycles. The van der Waals surface area contributed by atoms with Crippen molar-refractivity contribution < 1.29 is 19.1 Å². The molecule has 8 nitrogen and oxygen atoms in total. The molecule has 2 aromatic rings. The van der Waals surface area contributed by atoms with Gasteiger partial charge in [0, 0.05) is 38.7 Å². The average molecular weight is 453 g/mol. The van der Waals surface area contributed by atoms with Gasteiger partial charge in [0.25, 0.3) is 0 Å². The van der Waals surface area contributed by atoms with E-state index in [-0.39, 0.29) is 43.2 Å². The number of carbonyl (C=O) groups excluding carboxylic acids is 3. The highest BCUT2D eigenvalue weighted by atomic mass is 16.5. The summed E-state index contributed by atoms with van der Waals surface area (Å²) in [4.78, 5) is 43.2. The molecule has 1 aromatic heterocycles. The average Bonchev–Trinajstić information content (AvgIpc) is 3.31. The molecule has 176 valence electrons. The van der Waals surface area contributed by atoms with Crippen molar-refractivity contribution in [3.05, 3.63) is 59.8 Å². The summed E-state index contributed by atoms with van der Waals surface area (Å²) in [5.74, 6) is -0.283. The molecule has 1 aliphatic heterocycles. The van der Waals surface area contributed by atoms with E-state index in [0.29, 0.717) is 25.5 Å². The Morgan fingerprint density at radius 2 is 1.94 bits per heavy atom. The van der Waals surface area contributed by atoms with Crippen molar-refractivity contribution in [1.82, 2.24) is 15.2 Å². The van der Waals surface area contributed by atoms with E-state index in [0.717, 1.165) is 30.4 Å². The van der Waals surface area contributed by atoms with Crippen molar-refractivity contribution in [3.63, 3.8) is 0 Å². The first-order valence-corrected chi connectivity index (χ1v) is 11.4. The van der Waals surface area contributed by atoms with Crippen molar-refractivity contribution in [2.75, 3.05) is 31.6 Å². The Labute approximate surface area is 194 Å². The predicted octanol–water partition coefficient (Wildman–Crippen LogP) is 2.48. The minimum Gasteiger partial charge on any atom is -0.376 e. The minimum absolute atomic E-state index is 0.0155. The van der Waals surface area contributed by atoms with Gasteiger partial charge in [-0.05, 0) is 49.4 Å². The van der Waals surface area contributed by atoms with Gasteiger partial charge in [0.05, 0.1) is 12.6 Å². The number of benzene rings is 1. The first kappa shape index (κ1) is 24.4. The van der Waals surface area contributed by atoms with Crippen LogP contribution in [0.3, 0.4) is 0 Å². The van der Waals surface area contributed by atoms with E-state index in [9.17, 15) is 14.4 Å². The molecular formula is C25H32N4O4. The zero-order valence-corrected chi connectivity index (χ0v) is 19.1. The van der Waals surface area contributed by atoms with Gasteiger partial charge in [-0.1, -0.05) is 30.3 Å². The molecule has 0 radical (unpaired) electrons. The Kier molecular flexibility index (Phi) is 9.38. The zero-order chi connectivity index (χ0) is 23.5. The number of hydrogen-bond acceptors (Lipinski definition) is 5. The second-order valence-corrected chi connectivity index (χ2v) is 8.26. The molecule has 0 spiro atoms. The molecule has 8 heteroatoms. The monoisotopic (exact) mass is 452 g/mol. The van der Waals surface area contributed by atoms with Gasteiger partial charge in [0.2, 0.25) is 17.7 Å². The summed E-state index contributed by atoms with van der Waals surface area (Å²) in [6.45, 7) is 3.38. The second-order valence-electron chi connectivity index (χ2n) is 8.26. The summed E-state index contributed by atoms with van der Waals surface area (Å²) < 4.78 is 5.66. The van der Waals surface area contributed by atoms with Gasteiger partial charge in [-0.2, -0.15) is 0 Å². The van der Waals surface area contributed by atoms with Crippen molar-refractivity contribution in [3.8, 4) is 0 Å². The third-order valence-corrected chi connectivity index (χ3v) is 5.46. The summed E-state index contributed by atoms with van der Waals surface area (Å²) in [5.41, 5.74) is 2.12. The van der Waals surface area contributed by atoms with Gasteiger partial charge in [0.1, 0.15) is 5.82 Å². The highest BCUT2D eigenvalue weighted by molar-refractivity contribution is 5.93. The number of carbonyl (C=O) groups is 3. The number of aromatic nitrogens is 1. The molecule has 0 bridgehead atoms. The molecule has 1 aliphatic rings. The van der Waals surface area contributed by atoms with Gasteiger partial charge in [-0.15, -0.1) is 0 Å². The Morgan fingerprint density at radius 1 is 1.12 bits per heavy atom. The Morgan fingerprint density at radius 3 is 2.67 bits per heavy atom. The molecule has 3 rings (SSSR count). The Bertz CT molecular complexity index is 929. The molecule has 3 amide bonds. The van der Waals surface area contributed by atoms with Crippen LogP contribution in [0, 0.1) is 6.92 Å². The zero-order valence-electron chi connectivity index (χ0n) is 19.1. The van der Waals surface area contributed by atoms with Crippen LogP contribution in [0.25, 0.3) is 0 Å². The molecule has 1 saturated heterocycles. The van der Waals surface area contributed by atoms with Gasteiger partial charge in [-0.25, -0.2) is 4.98 Å². The molecule has 2 N–H and O–H groups in total. The smallest absolute Gasteiger partial charge is 0.239 e. The summed E-state index contributed by atoms with van der Waals surface area (Å²) in [7, 11) is 0. The van der Waals surface area contributed by atoms with E-state index in [2.05, 4.69) is 15.6 Å². The quantitative estimate of drug-likeness (QED) is 0.546. The van der Waals surface area contributed by atoms with Gasteiger partial charge in [-0.3, -0.25) is 14.4 Å². The first-order chi connectivity index (χ1) is 16.0. The predicted molar refractivity (Wildman–Crippen MR) is 126 cm³/mol. The highest BCUT2D eigenvalue weighted by Gasteiger charge is 2.24. The Balaban J connectivity index is 1.48. The molecule has 0 aliphatic carbocycles. The van der Waals surface area contributed by atoms with Crippen LogP contribution < -0.4 is 10.6 Å². The number of aryl methyl sites for hydroxylation is 1. The van der Waals surface area contributed by atoms with E-state index in [4.69, 9.17) is 4.74 Å². The molecule has 0 unspecified atom stereocenters. The van der Waals surface area contributed by atoms with Crippen LogP contribution in [0.15, 0.2) is 48.7 Å². The van der Waals surface area contributed by atoms with Crippen LogP contribution in [0.4, 0.5) is 5.82 Å². The second kappa shape index (κ2) is 12.7. The summed E-state index contributed by atoms with van der Waals surface area (Å²) in [5, 5.41) is 5.59. The van der Waals surface area contributed by atoms with Crippen LogP contribution in [0.2, 0.25) is 0 Å². The van der Waals surface area contributed by atoms with Gasteiger partial charge < -0.3 is 20.3 Å². The lowest BCUT2D eigenvalue weighted by atomic mass is 10.1. The van der Waals surface area contributed by atoms with Crippen LogP contribution in [-0.4, -0.2) is 60.0 Å². The normalized spacial score (nSPS) is 15.1. The van der Waals surface area contributed by atoms with Crippen molar-refractivity contribution in [2.24, 2.45) is 0 Å². The Hall–Kier alpha value is -3.26. The van der Waals surface area contributed by atoms with Crippen molar-refractivity contribution >= 4 is 23.5 Å². The largest absolute Gasteiger partial charge is 0.376 e. The number of nitrogens with zero attached hydrogens (tertiary/aromatic N) is 2. The number of pyridine rings is 1. The number of nitrogens with one attached hydrogen (secondary N) is 2. The van der Waals surface area contributed by atoms with Crippen molar-refractivity contribution in [1.29, 1.82) is 0 Å². The number of rotatable bonds is 11. The maximum absolute atomic E-state index is 12.9. The third-order valence-electron chi connectivity index (χ3n) is 5.46. The molecular weight excluding hydrogens is 420 g/mol. The maximum atomic E-state index is 12.9. The minimum atomic E-state index is -0.286. The summed E-state index contributed by atoms with van der Waals surface area (Å²) in [6, 6.07) is 13.5. The standard InChI is InChI=1S/C25H32N4O4/c1-19-11-13-26-22(16-19)28-23(30)9-10-25(32)29(17-21-8-5-15-33-21)18-24(31)27-14-12-20-6-3-2-4-7-20/h2-4,6-7,11,13,16,21H,5,8-10,12,14-15,17-18H2,1H3,(H,27,31)(H,26,28,30)/t21-/m0/s1. The number of hydrogen-bond donors (Lipinski definition) is 2. The highest BCUT2D eigenvalue weighted by Crippen LogP contribution is 2.14. The van der Waals surface area contributed by atoms with E-state index in [1.165, 1.54) is 4.90 Å². The van der Waals surface area contributed by atoms with Crippen LogP contribution >= 0.6 is 0 Å². The van der Waals surface area contributed by atoms with E-state index >= 15 is 0 Å². The fourth-order valence-corrected chi connectivity index (χ4v) is 3.70. The van der Waals surface area contributed by atoms with E-state index in [1.807, 2.05) is 43.3 Å². The van der Waals surface area contributed by atoms with E-state index < -0.39 is 0 Å². The summed E-state index contributed by atoms with van der Waals surface area (Å²) >= 11 is 0. The number of amides is 3.